The maximum absolute atomic E-state index is 12.9. The van der Waals surface area contributed by atoms with E-state index in [1.54, 1.807) is 12.3 Å². The maximum atomic E-state index is 12.9. The zero-order valence-electron chi connectivity index (χ0n) is 9.78. The van der Waals surface area contributed by atoms with Crippen molar-refractivity contribution in [2.45, 2.75) is 0 Å². The highest BCUT2D eigenvalue weighted by Gasteiger charge is 2.16. The lowest BCUT2D eigenvalue weighted by Gasteiger charge is -2.01. The van der Waals surface area contributed by atoms with Crippen LogP contribution < -0.4 is 0 Å². The minimum absolute atomic E-state index is 0.181. The number of halogens is 2. The number of aromatic nitrogens is 1. The van der Waals surface area contributed by atoms with E-state index < -0.39 is 0 Å². The molecule has 0 fully saturated rings. The Morgan fingerprint density at radius 1 is 1.11 bits per heavy atom. The van der Waals surface area contributed by atoms with Gasteiger partial charge < -0.3 is 4.98 Å². The molecule has 2 aromatic carbocycles. The Morgan fingerprint density at radius 2 is 1.84 bits per heavy atom. The van der Waals surface area contributed by atoms with Gasteiger partial charge in [-0.2, -0.15) is 0 Å². The number of aromatic amines is 1. The summed E-state index contributed by atoms with van der Waals surface area (Å²) in [6.45, 7) is 0. The molecule has 3 aromatic rings. The second kappa shape index (κ2) is 4.52. The van der Waals surface area contributed by atoms with Gasteiger partial charge in [0.15, 0.2) is 5.78 Å². The molecule has 3 rings (SSSR count). The number of carbonyl (C=O) groups excluding carboxylic acids is 1. The highest BCUT2D eigenvalue weighted by atomic mass is 35.5. The van der Waals surface area contributed by atoms with E-state index in [1.165, 1.54) is 24.3 Å². The Bertz CT molecular complexity index is 761. The second-order valence-corrected chi connectivity index (χ2v) is 4.61. The summed E-state index contributed by atoms with van der Waals surface area (Å²) in [7, 11) is 0. The van der Waals surface area contributed by atoms with Crippen molar-refractivity contribution in [2.24, 2.45) is 0 Å². The molecule has 94 valence electrons. The van der Waals surface area contributed by atoms with Gasteiger partial charge in [-0.05, 0) is 36.4 Å². The Balaban J connectivity index is 2.14. The highest BCUT2D eigenvalue weighted by Crippen LogP contribution is 2.28. The van der Waals surface area contributed by atoms with Gasteiger partial charge in [-0.15, -0.1) is 0 Å². The van der Waals surface area contributed by atoms with Crippen LogP contribution in [0.25, 0.3) is 10.9 Å². The number of benzene rings is 2. The molecule has 1 aromatic heterocycles. The predicted octanol–water partition coefficient (Wildman–Crippen LogP) is 4.19. The molecule has 0 unspecified atom stereocenters. The molecule has 0 spiro atoms. The highest BCUT2D eigenvalue weighted by molar-refractivity contribution is 6.37. The summed E-state index contributed by atoms with van der Waals surface area (Å²) in [5.41, 5.74) is 1.73. The van der Waals surface area contributed by atoms with Crippen LogP contribution in [-0.4, -0.2) is 10.8 Å². The van der Waals surface area contributed by atoms with E-state index in [1.807, 2.05) is 12.1 Å². The van der Waals surface area contributed by atoms with E-state index in [0.717, 1.165) is 5.52 Å². The van der Waals surface area contributed by atoms with Gasteiger partial charge in [0, 0.05) is 28.2 Å². The zero-order valence-corrected chi connectivity index (χ0v) is 10.5. The third-order valence-corrected chi connectivity index (χ3v) is 3.32. The minimum atomic E-state index is -0.367. The van der Waals surface area contributed by atoms with E-state index in [2.05, 4.69) is 4.98 Å². The number of fused-ring (bicyclic) bond motifs is 1. The number of carbonyl (C=O) groups is 1. The van der Waals surface area contributed by atoms with Crippen molar-refractivity contribution < 1.29 is 9.18 Å². The van der Waals surface area contributed by atoms with Crippen LogP contribution in [0.5, 0.6) is 0 Å². The lowest BCUT2D eigenvalue weighted by molar-refractivity contribution is 0.104. The average molecular weight is 274 g/mol. The van der Waals surface area contributed by atoms with Crippen molar-refractivity contribution in [2.75, 3.05) is 0 Å². The molecule has 0 bridgehead atoms. The quantitative estimate of drug-likeness (QED) is 0.698. The first kappa shape index (κ1) is 11.9. The Labute approximate surface area is 113 Å². The van der Waals surface area contributed by atoms with Crippen LogP contribution in [0, 0.1) is 5.82 Å². The number of hydrogen-bond donors (Lipinski definition) is 1. The van der Waals surface area contributed by atoms with Crippen molar-refractivity contribution in [1.82, 2.24) is 4.98 Å². The molecule has 0 atom stereocenters. The molecule has 0 aliphatic carbocycles. The summed E-state index contributed by atoms with van der Waals surface area (Å²) in [6, 6.07) is 10.9. The number of H-pyrrole nitrogens is 1. The van der Waals surface area contributed by atoms with Gasteiger partial charge in [-0.1, -0.05) is 17.7 Å². The first-order valence-corrected chi connectivity index (χ1v) is 6.10. The van der Waals surface area contributed by atoms with Crippen LogP contribution in [0.2, 0.25) is 5.02 Å². The van der Waals surface area contributed by atoms with Gasteiger partial charge in [0.05, 0.1) is 5.02 Å². The molecule has 0 aliphatic rings. The van der Waals surface area contributed by atoms with Gasteiger partial charge in [0.2, 0.25) is 0 Å². The van der Waals surface area contributed by atoms with E-state index in [0.29, 0.717) is 21.5 Å². The molecule has 0 amide bonds. The Morgan fingerprint density at radius 3 is 2.58 bits per heavy atom. The second-order valence-electron chi connectivity index (χ2n) is 4.20. The fourth-order valence-corrected chi connectivity index (χ4v) is 2.35. The molecule has 4 heteroatoms. The van der Waals surface area contributed by atoms with Crippen molar-refractivity contribution in [3.63, 3.8) is 0 Å². The fraction of sp³-hybridized carbons (Fsp3) is 0. The molecule has 0 radical (unpaired) electrons. The smallest absolute Gasteiger partial charge is 0.195 e. The van der Waals surface area contributed by atoms with Crippen molar-refractivity contribution in [1.29, 1.82) is 0 Å². The van der Waals surface area contributed by atoms with Crippen LogP contribution in [0.1, 0.15) is 15.9 Å². The molecule has 0 saturated heterocycles. The summed E-state index contributed by atoms with van der Waals surface area (Å²) in [4.78, 5) is 15.4. The lowest BCUT2D eigenvalue weighted by Crippen LogP contribution is -2.00. The number of nitrogens with one attached hydrogen (secondary N) is 1. The molecular weight excluding hydrogens is 265 g/mol. The SMILES string of the molecule is O=C(c1ccc(F)cc1)c1c[nH]c2cccc(Cl)c12. The van der Waals surface area contributed by atoms with Gasteiger partial charge in [-0.3, -0.25) is 4.79 Å². The molecule has 2 nitrogen and oxygen atoms in total. The van der Waals surface area contributed by atoms with Gasteiger partial charge >= 0.3 is 0 Å². The summed E-state index contributed by atoms with van der Waals surface area (Å²) in [5.74, 6) is -0.548. The number of hydrogen-bond acceptors (Lipinski definition) is 1. The molecule has 0 saturated carbocycles. The Hall–Kier alpha value is -2.13. The summed E-state index contributed by atoms with van der Waals surface area (Å²) < 4.78 is 12.9. The van der Waals surface area contributed by atoms with Crippen molar-refractivity contribution >= 4 is 28.3 Å². The third kappa shape index (κ3) is 2.02. The van der Waals surface area contributed by atoms with Crippen LogP contribution in [-0.2, 0) is 0 Å². The predicted molar refractivity (Wildman–Crippen MR) is 73.1 cm³/mol. The average Bonchev–Trinajstić information content (AvgIpc) is 2.84. The van der Waals surface area contributed by atoms with Gasteiger partial charge in [-0.25, -0.2) is 4.39 Å². The van der Waals surface area contributed by atoms with Crippen molar-refractivity contribution in [3.05, 3.63) is 70.6 Å². The zero-order chi connectivity index (χ0) is 13.4. The standard InChI is InChI=1S/C15H9ClFNO/c16-12-2-1-3-13-14(12)11(8-18-13)15(19)9-4-6-10(17)7-5-9/h1-8,18H. The fourth-order valence-electron chi connectivity index (χ4n) is 2.08. The van der Waals surface area contributed by atoms with Crippen LogP contribution in [0.4, 0.5) is 4.39 Å². The van der Waals surface area contributed by atoms with Crippen LogP contribution in [0.15, 0.2) is 48.7 Å². The summed E-state index contributed by atoms with van der Waals surface area (Å²) in [6.07, 6.45) is 1.63. The van der Waals surface area contributed by atoms with E-state index in [4.69, 9.17) is 11.6 Å². The minimum Gasteiger partial charge on any atom is -0.360 e. The lowest BCUT2D eigenvalue weighted by atomic mass is 10.0. The van der Waals surface area contributed by atoms with Crippen molar-refractivity contribution in [3.8, 4) is 0 Å². The van der Waals surface area contributed by atoms with Crippen LogP contribution in [0.3, 0.4) is 0 Å². The maximum Gasteiger partial charge on any atom is 0.195 e. The Kier molecular flexibility index (Phi) is 2.84. The van der Waals surface area contributed by atoms with Crippen LogP contribution >= 0.6 is 11.6 Å². The molecular formula is C15H9ClFNO. The van der Waals surface area contributed by atoms with E-state index >= 15 is 0 Å². The molecule has 1 heterocycles. The first-order valence-electron chi connectivity index (χ1n) is 5.72. The molecule has 0 aliphatic heterocycles. The third-order valence-electron chi connectivity index (χ3n) is 3.01. The first-order chi connectivity index (χ1) is 9.16. The van der Waals surface area contributed by atoms with E-state index in [-0.39, 0.29) is 11.6 Å². The normalized spacial score (nSPS) is 10.8. The monoisotopic (exact) mass is 273 g/mol. The topological polar surface area (TPSA) is 32.9 Å². The summed E-state index contributed by atoms with van der Waals surface area (Å²) >= 11 is 6.13. The van der Waals surface area contributed by atoms with E-state index in [9.17, 15) is 9.18 Å². The van der Waals surface area contributed by atoms with Gasteiger partial charge in [0.25, 0.3) is 0 Å². The molecule has 19 heavy (non-hydrogen) atoms. The number of ketones is 1. The summed E-state index contributed by atoms with van der Waals surface area (Å²) in [5, 5.41) is 1.21. The van der Waals surface area contributed by atoms with Gasteiger partial charge in [0.1, 0.15) is 5.82 Å². The number of rotatable bonds is 2. The molecule has 1 N–H and O–H groups in total. The largest absolute Gasteiger partial charge is 0.360 e.